The number of aromatic nitrogens is 4. The van der Waals surface area contributed by atoms with Gasteiger partial charge in [-0.2, -0.15) is 10.2 Å². The predicted octanol–water partition coefficient (Wildman–Crippen LogP) is 2.99. The second-order valence-electron chi connectivity index (χ2n) is 6.57. The molecule has 1 saturated carbocycles. The minimum Gasteiger partial charge on any atom is -0.323 e. The smallest absolute Gasteiger partial charge is 0.229 e. The highest BCUT2D eigenvalue weighted by molar-refractivity contribution is 5.93. The van der Waals surface area contributed by atoms with Crippen molar-refractivity contribution in [3.63, 3.8) is 0 Å². The Hall–Kier alpha value is -2.11. The number of carbonyl (C=O) groups is 1. The molecule has 2 aromatic heterocycles. The van der Waals surface area contributed by atoms with E-state index in [1.807, 2.05) is 27.1 Å². The van der Waals surface area contributed by atoms with Crippen molar-refractivity contribution in [3.8, 4) is 0 Å². The Morgan fingerprint density at radius 1 is 1.35 bits per heavy atom. The third-order valence-corrected chi connectivity index (χ3v) is 4.74. The summed E-state index contributed by atoms with van der Waals surface area (Å²) in [5.74, 6) is 0.459. The fraction of sp³-hybridized carbons (Fsp3) is 0.588. The van der Waals surface area contributed by atoms with E-state index in [2.05, 4.69) is 20.6 Å². The number of anilines is 1. The SMILES string of the molecule is Cc1n[nH]c(C)c1CC(=O)Nc1cn(C)nc1C1CCCCC1. The van der Waals surface area contributed by atoms with Crippen LogP contribution in [0.5, 0.6) is 0 Å². The summed E-state index contributed by atoms with van der Waals surface area (Å²) in [4.78, 5) is 12.4. The number of H-pyrrole nitrogens is 1. The molecule has 6 heteroatoms. The molecule has 0 radical (unpaired) electrons. The average Bonchev–Trinajstić information content (AvgIpc) is 3.05. The van der Waals surface area contributed by atoms with Gasteiger partial charge in [-0.25, -0.2) is 0 Å². The molecular weight excluding hydrogens is 290 g/mol. The first kappa shape index (κ1) is 15.8. The topological polar surface area (TPSA) is 75.6 Å². The fourth-order valence-electron chi connectivity index (χ4n) is 3.47. The molecule has 3 rings (SSSR count). The maximum atomic E-state index is 12.4. The highest BCUT2D eigenvalue weighted by atomic mass is 16.1. The molecule has 0 atom stereocenters. The first-order valence-electron chi connectivity index (χ1n) is 8.38. The maximum absolute atomic E-state index is 12.4. The first-order chi connectivity index (χ1) is 11.0. The van der Waals surface area contributed by atoms with Gasteiger partial charge in [0.25, 0.3) is 0 Å². The minimum atomic E-state index is -0.0114. The summed E-state index contributed by atoms with van der Waals surface area (Å²) in [5.41, 5.74) is 4.72. The lowest BCUT2D eigenvalue weighted by atomic mass is 9.86. The number of nitrogens with zero attached hydrogens (tertiary/aromatic N) is 3. The Morgan fingerprint density at radius 3 is 2.74 bits per heavy atom. The molecular formula is C17H25N5O. The molecule has 6 nitrogen and oxygen atoms in total. The lowest BCUT2D eigenvalue weighted by Gasteiger charge is -2.20. The van der Waals surface area contributed by atoms with Crippen molar-refractivity contribution in [3.05, 3.63) is 28.8 Å². The molecule has 1 fully saturated rings. The van der Waals surface area contributed by atoms with Crippen molar-refractivity contribution >= 4 is 11.6 Å². The number of hydrogen-bond acceptors (Lipinski definition) is 3. The molecule has 1 aliphatic carbocycles. The van der Waals surface area contributed by atoms with Gasteiger partial charge in [-0.1, -0.05) is 19.3 Å². The Morgan fingerprint density at radius 2 is 2.09 bits per heavy atom. The third-order valence-electron chi connectivity index (χ3n) is 4.74. The second-order valence-corrected chi connectivity index (χ2v) is 6.57. The van der Waals surface area contributed by atoms with Crippen LogP contribution in [0.15, 0.2) is 6.20 Å². The zero-order chi connectivity index (χ0) is 16.4. The van der Waals surface area contributed by atoms with Crippen LogP contribution in [0.3, 0.4) is 0 Å². The third kappa shape index (κ3) is 3.46. The standard InChI is InChI=1S/C17H25N5O/c1-11-14(12(2)20-19-11)9-16(23)18-15-10-22(3)21-17(15)13-7-5-4-6-8-13/h10,13H,4-9H2,1-3H3,(H,18,23)(H,19,20). The highest BCUT2D eigenvalue weighted by Gasteiger charge is 2.23. The van der Waals surface area contributed by atoms with Crippen molar-refractivity contribution < 1.29 is 4.79 Å². The molecule has 0 unspecified atom stereocenters. The van der Waals surface area contributed by atoms with Gasteiger partial charge in [0.15, 0.2) is 0 Å². The molecule has 2 N–H and O–H groups in total. The minimum absolute atomic E-state index is 0.0114. The Kier molecular flexibility index (Phi) is 4.50. The van der Waals surface area contributed by atoms with Crippen LogP contribution in [0.4, 0.5) is 5.69 Å². The van der Waals surface area contributed by atoms with Crippen molar-refractivity contribution in [1.29, 1.82) is 0 Å². The molecule has 1 aliphatic rings. The first-order valence-corrected chi connectivity index (χ1v) is 8.38. The van der Waals surface area contributed by atoms with Crippen molar-refractivity contribution in [1.82, 2.24) is 20.0 Å². The van der Waals surface area contributed by atoms with E-state index >= 15 is 0 Å². The molecule has 0 bridgehead atoms. The van der Waals surface area contributed by atoms with E-state index in [9.17, 15) is 4.79 Å². The van der Waals surface area contributed by atoms with Crippen LogP contribution in [0, 0.1) is 13.8 Å². The lowest BCUT2D eigenvalue weighted by Crippen LogP contribution is -2.17. The number of hydrogen-bond donors (Lipinski definition) is 2. The largest absolute Gasteiger partial charge is 0.323 e. The van der Waals surface area contributed by atoms with E-state index < -0.39 is 0 Å². The summed E-state index contributed by atoms with van der Waals surface area (Å²) in [6, 6.07) is 0. The number of aryl methyl sites for hydroxylation is 3. The summed E-state index contributed by atoms with van der Waals surface area (Å²) in [5, 5.41) is 14.7. The van der Waals surface area contributed by atoms with Crippen LogP contribution in [0.1, 0.15) is 60.7 Å². The van der Waals surface area contributed by atoms with E-state index in [0.29, 0.717) is 12.3 Å². The molecule has 0 aliphatic heterocycles. The van der Waals surface area contributed by atoms with Gasteiger partial charge in [0, 0.05) is 30.4 Å². The number of nitrogens with one attached hydrogen (secondary N) is 2. The lowest BCUT2D eigenvalue weighted by molar-refractivity contribution is -0.115. The van der Waals surface area contributed by atoms with E-state index in [1.165, 1.54) is 32.1 Å². The quantitative estimate of drug-likeness (QED) is 0.910. The average molecular weight is 315 g/mol. The molecule has 0 aromatic carbocycles. The normalized spacial score (nSPS) is 15.8. The zero-order valence-corrected chi connectivity index (χ0v) is 14.1. The summed E-state index contributed by atoms with van der Waals surface area (Å²) in [6.45, 7) is 3.86. The van der Waals surface area contributed by atoms with Gasteiger partial charge < -0.3 is 5.32 Å². The van der Waals surface area contributed by atoms with Crippen molar-refractivity contribution in [2.24, 2.45) is 7.05 Å². The number of carbonyl (C=O) groups excluding carboxylic acids is 1. The van der Waals surface area contributed by atoms with Crippen LogP contribution < -0.4 is 5.32 Å². The molecule has 2 aromatic rings. The van der Waals surface area contributed by atoms with E-state index in [0.717, 1.165) is 28.3 Å². The molecule has 2 heterocycles. The molecule has 0 saturated heterocycles. The molecule has 1 amide bonds. The van der Waals surface area contributed by atoms with Gasteiger partial charge in [-0.3, -0.25) is 14.6 Å². The van der Waals surface area contributed by atoms with Gasteiger partial charge in [-0.05, 0) is 26.7 Å². The van der Waals surface area contributed by atoms with Crippen LogP contribution in [0.25, 0.3) is 0 Å². The molecule has 0 spiro atoms. The molecule has 23 heavy (non-hydrogen) atoms. The Balaban J connectivity index is 1.73. The van der Waals surface area contributed by atoms with Crippen LogP contribution >= 0.6 is 0 Å². The van der Waals surface area contributed by atoms with Gasteiger partial charge in [0.1, 0.15) is 0 Å². The van der Waals surface area contributed by atoms with Gasteiger partial charge in [0.05, 0.1) is 23.5 Å². The number of rotatable bonds is 4. The summed E-state index contributed by atoms with van der Waals surface area (Å²) in [6.07, 6.45) is 8.40. The summed E-state index contributed by atoms with van der Waals surface area (Å²) in [7, 11) is 1.91. The van der Waals surface area contributed by atoms with E-state index in [4.69, 9.17) is 0 Å². The fourth-order valence-corrected chi connectivity index (χ4v) is 3.47. The highest BCUT2D eigenvalue weighted by Crippen LogP contribution is 2.35. The van der Waals surface area contributed by atoms with Gasteiger partial charge in [0.2, 0.25) is 5.91 Å². The summed E-state index contributed by atoms with van der Waals surface area (Å²) >= 11 is 0. The van der Waals surface area contributed by atoms with E-state index in [1.54, 1.807) is 4.68 Å². The second kappa shape index (κ2) is 6.56. The van der Waals surface area contributed by atoms with Crippen LogP contribution in [0.2, 0.25) is 0 Å². The van der Waals surface area contributed by atoms with E-state index in [-0.39, 0.29) is 5.91 Å². The number of amides is 1. The number of aromatic amines is 1. The van der Waals surface area contributed by atoms with Crippen molar-refractivity contribution in [2.45, 2.75) is 58.3 Å². The van der Waals surface area contributed by atoms with Crippen molar-refractivity contribution in [2.75, 3.05) is 5.32 Å². The monoisotopic (exact) mass is 315 g/mol. The predicted molar refractivity (Wildman–Crippen MR) is 89.4 cm³/mol. The summed E-state index contributed by atoms with van der Waals surface area (Å²) < 4.78 is 1.80. The van der Waals surface area contributed by atoms with Gasteiger partial charge in [-0.15, -0.1) is 0 Å². The Labute approximate surface area is 136 Å². The van der Waals surface area contributed by atoms with Crippen LogP contribution in [-0.4, -0.2) is 25.9 Å². The molecule has 124 valence electrons. The zero-order valence-electron chi connectivity index (χ0n) is 14.1. The Bertz CT molecular complexity index is 674. The van der Waals surface area contributed by atoms with Gasteiger partial charge >= 0.3 is 0 Å². The maximum Gasteiger partial charge on any atom is 0.229 e. The van der Waals surface area contributed by atoms with Crippen LogP contribution in [-0.2, 0) is 18.3 Å².